The Balaban J connectivity index is 0.798. The zero-order valence-corrected chi connectivity index (χ0v) is 35.1. The number of amides is 5. The van der Waals surface area contributed by atoms with Crippen LogP contribution >= 0.6 is 11.6 Å². The molecule has 3 saturated heterocycles. The average Bonchev–Trinajstić information content (AvgIpc) is 3.64. The molecule has 14 heteroatoms. The summed E-state index contributed by atoms with van der Waals surface area (Å²) in [4.78, 5) is 61.1. The third-order valence-electron chi connectivity index (χ3n) is 13.3. The molecule has 0 atom stereocenters. The number of rotatable bonds is 9. The van der Waals surface area contributed by atoms with E-state index in [9.17, 15) is 24.3 Å². The van der Waals surface area contributed by atoms with Gasteiger partial charge in [0.2, 0.25) is 5.91 Å². The van der Waals surface area contributed by atoms with Gasteiger partial charge in [-0.05, 0) is 139 Å². The summed E-state index contributed by atoms with van der Waals surface area (Å²) in [5.74, 6) is 0.0482. The molecule has 4 aromatic rings. The Labute approximate surface area is 350 Å². The summed E-state index contributed by atoms with van der Waals surface area (Å²) in [7, 11) is 0. The SMILES string of the molecule is Cc1cccc(C(=O)Nc2cc3cn(C4CCN(CCC5CCC6(CC5)CCN(C(=O)c5ccc(Cl)c(N7CCC(=O)NC7=O)c5)CC6)CC4)nc3cc2C(C)(C)O)n1. The number of urea groups is 1. The molecule has 2 aromatic carbocycles. The van der Waals surface area contributed by atoms with E-state index in [1.165, 1.54) is 37.0 Å². The molecule has 2 aromatic heterocycles. The molecule has 3 aliphatic heterocycles. The van der Waals surface area contributed by atoms with Gasteiger partial charge in [0.1, 0.15) is 5.69 Å². The molecule has 0 unspecified atom stereocenters. The molecular formula is C45H55ClN8O5. The molecule has 8 rings (SSSR count). The van der Waals surface area contributed by atoms with E-state index in [0.717, 1.165) is 80.9 Å². The van der Waals surface area contributed by atoms with Crippen molar-refractivity contribution in [3.63, 3.8) is 0 Å². The highest BCUT2D eigenvalue weighted by atomic mass is 35.5. The smallest absolute Gasteiger partial charge is 0.328 e. The van der Waals surface area contributed by atoms with Crippen LogP contribution in [0.15, 0.2) is 54.7 Å². The van der Waals surface area contributed by atoms with Gasteiger partial charge in [0.05, 0.1) is 27.9 Å². The molecule has 4 aliphatic rings. The Kier molecular flexibility index (Phi) is 11.6. The Morgan fingerprint density at radius 3 is 2.41 bits per heavy atom. The fourth-order valence-corrected chi connectivity index (χ4v) is 9.83. The maximum Gasteiger partial charge on any atom is 0.328 e. The lowest BCUT2D eigenvalue weighted by Gasteiger charge is -2.46. The van der Waals surface area contributed by atoms with Gasteiger partial charge in [-0.1, -0.05) is 17.7 Å². The quantitative estimate of drug-likeness (QED) is 0.157. The van der Waals surface area contributed by atoms with E-state index in [2.05, 4.69) is 31.4 Å². The second-order valence-electron chi connectivity index (χ2n) is 17.8. The van der Waals surface area contributed by atoms with Crippen LogP contribution in [0.25, 0.3) is 10.9 Å². The molecule has 4 fully saturated rings. The van der Waals surface area contributed by atoms with Crippen molar-refractivity contribution in [2.24, 2.45) is 11.3 Å². The van der Waals surface area contributed by atoms with Crippen LogP contribution in [-0.4, -0.2) is 92.7 Å². The van der Waals surface area contributed by atoms with Crippen molar-refractivity contribution in [2.45, 2.75) is 96.6 Å². The number of aliphatic hydroxyl groups is 1. The van der Waals surface area contributed by atoms with Crippen molar-refractivity contribution in [2.75, 3.05) is 49.5 Å². The fourth-order valence-electron chi connectivity index (χ4n) is 9.61. The molecule has 1 aliphatic carbocycles. The molecule has 0 radical (unpaired) electrons. The second-order valence-corrected chi connectivity index (χ2v) is 18.2. The first kappa shape index (κ1) is 40.9. The highest BCUT2D eigenvalue weighted by molar-refractivity contribution is 6.34. The number of aryl methyl sites for hydroxylation is 1. The van der Waals surface area contributed by atoms with E-state index in [0.29, 0.717) is 38.6 Å². The lowest BCUT2D eigenvalue weighted by molar-refractivity contribution is -0.120. The predicted octanol–water partition coefficient (Wildman–Crippen LogP) is 7.46. The minimum absolute atomic E-state index is 0.0453. The Hall–Kier alpha value is -4.85. The van der Waals surface area contributed by atoms with E-state index >= 15 is 0 Å². The zero-order valence-electron chi connectivity index (χ0n) is 34.3. The molecule has 0 bridgehead atoms. The highest BCUT2D eigenvalue weighted by Crippen LogP contribution is 2.47. The number of hydrogen-bond acceptors (Lipinski definition) is 8. The van der Waals surface area contributed by atoms with E-state index in [-0.39, 0.29) is 36.7 Å². The number of anilines is 2. The van der Waals surface area contributed by atoms with Gasteiger partial charge in [-0.15, -0.1) is 0 Å². The van der Waals surface area contributed by atoms with Gasteiger partial charge in [0.15, 0.2) is 0 Å². The minimum atomic E-state index is -1.19. The number of halogens is 1. The second kappa shape index (κ2) is 16.7. The van der Waals surface area contributed by atoms with Gasteiger partial charge in [-0.2, -0.15) is 5.10 Å². The number of carbonyl (C=O) groups excluding carboxylic acids is 4. The first-order valence-electron chi connectivity index (χ1n) is 21.2. The number of benzene rings is 2. The monoisotopic (exact) mass is 822 g/mol. The number of piperidine rings is 2. The van der Waals surface area contributed by atoms with Crippen molar-refractivity contribution >= 4 is 57.6 Å². The van der Waals surface area contributed by atoms with Gasteiger partial charge in [-0.25, -0.2) is 9.78 Å². The number of carbonyl (C=O) groups is 4. The van der Waals surface area contributed by atoms with E-state index in [4.69, 9.17) is 16.7 Å². The Morgan fingerprint density at radius 2 is 1.71 bits per heavy atom. The van der Waals surface area contributed by atoms with Gasteiger partial charge in [0.25, 0.3) is 11.8 Å². The minimum Gasteiger partial charge on any atom is -0.386 e. The van der Waals surface area contributed by atoms with Crippen LogP contribution in [0.3, 0.4) is 0 Å². The Bertz CT molecular complexity index is 2240. The summed E-state index contributed by atoms with van der Waals surface area (Å²) in [5, 5.41) is 22.6. The van der Waals surface area contributed by atoms with Crippen molar-refractivity contribution < 1.29 is 24.3 Å². The molecular weight excluding hydrogens is 768 g/mol. The zero-order chi connectivity index (χ0) is 41.5. The molecule has 59 heavy (non-hydrogen) atoms. The summed E-state index contributed by atoms with van der Waals surface area (Å²) in [6.45, 7) is 10.1. The van der Waals surface area contributed by atoms with Crippen molar-refractivity contribution in [3.8, 4) is 0 Å². The molecule has 13 nitrogen and oxygen atoms in total. The Morgan fingerprint density at radius 1 is 0.966 bits per heavy atom. The highest BCUT2D eigenvalue weighted by Gasteiger charge is 2.39. The number of imide groups is 1. The molecule has 312 valence electrons. The number of nitrogens with zero attached hydrogens (tertiary/aromatic N) is 6. The maximum atomic E-state index is 13.6. The van der Waals surface area contributed by atoms with Crippen molar-refractivity contribution in [3.05, 3.63) is 82.3 Å². The van der Waals surface area contributed by atoms with Gasteiger partial charge < -0.3 is 20.2 Å². The van der Waals surface area contributed by atoms with Crippen LogP contribution in [0.1, 0.15) is 116 Å². The predicted molar refractivity (Wildman–Crippen MR) is 228 cm³/mol. The topological polar surface area (TPSA) is 153 Å². The first-order chi connectivity index (χ1) is 28.2. The van der Waals surface area contributed by atoms with E-state index < -0.39 is 11.6 Å². The summed E-state index contributed by atoms with van der Waals surface area (Å²) in [6, 6.07) is 14.0. The summed E-state index contributed by atoms with van der Waals surface area (Å²) in [5.41, 5.74) is 3.12. The molecule has 3 N–H and O–H groups in total. The van der Waals surface area contributed by atoms with Crippen LogP contribution in [-0.2, 0) is 10.4 Å². The largest absolute Gasteiger partial charge is 0.386 e. The van der Waals surface area contributed by atoms with Gasteiger partial charge >= 0.3 is 6.03 Å². The summed E-state index contributed by atoms with van der Waals surface area (Å²) < 4.78 is 2.08. The van der Waals surface area contributed by atoms with Crippen molar-refractivity contribution in [1.29, 1.82) is 0 Å². The number of fused-ring (bicyclic) bond motifs is 1. The fraction of sp³-hybridized carbons (Fsp3) is 0.511. The van der Waals surface area contributed by atoms with Crippen LogP contribution in [0, 0.1) is 18.3 Å². The third kappa shape index (κ3) is 9.02. The van der Waals surface area contributed by atoms with E-state index in [1.54, 1.807) is 38.1 Å². The number of hydrogen-bond donors (Lipinski definition) is 3. The number of pyridine rings is 1. The molecule has 1 saturated carbocycles. The number of nitrogens with one attached hydrogen (secondary N) is 2. The maximum absolute atomic E-state index is 13.6. The number of aromatic nitrogens is 3. The normalized spacial score (nSPS) is 19.7. The van der Waals surface area contributed by atoms with Crippen LogP contribution in [0.5, 0.6) is 0 Å². The summed E-state index contributed by atoms with van der Waals surface area (Å²) >= 11 is 6.43. The number of likely N-dealkylation sites (tertiary alicyclic amines) is 2. The van der Waals surface area contributed by atoms with E-state index in [1.807, 2.05) is 36.1 Å². The van der Waals surface area contributed by atoms with Crippen LogP contribution < -0.4 is 15.5 Å². The molecule has 5 amide bonds. The van der Waals surface area contributed by atoms with Gasteiger partial charge in [0, 0.05) is 73.2 Å². The third-order valence-corrected chi connectivity index (χ3v) is 13.6. The standard InChI is InChI=1S/C45H55ClN8O5/c1-29-5-4-6-36(47-29)41(56)48-38-25-32-28-54(50-37(32)27-34(38)44(2,3)59)33-12-20-51(21-13-33)19-11-30-9-15-45(16-10-30)17-23-52(24-18-45)42(57)31-7-8-35(46)39(26-31)53-22-14-40(55)49-43(53)58/h4-8,25-28,30,33,59H,9-24H2,1-3H3,(H,48,56)(H,49,55,58). The van der Waals surface area contributed by atoms with Crippen LogP contribution in [0.4, 0.5) is 16.2 Å². The summed E-state index contributed by atoms with van der Waals surface area (Å²) in [6.07, 6.45) is 12.4. The van der Waals surface area contributed by atoms with Crippen molar-refractivity contribution in [1.82, 2.24) is 29.9 Å². The molecule has 1 spiro atoms. The van der Waals surface area contributed by atoms with Crippen LogP contribution in [0.2, 0.25) is 5.02 Å². The first-order valence-corrected chi connectivity index (χ1v) is 21.5. The molecule has 5 heterocycles. The lowest BCUT2D eigenvalue weighted by atomic mass is 9.65. The lowest BCUT2D eigenvalue weighted by Crippen LogP contribution is -2.49. The average molecular weight is 823 g/mol. The van der Waals surface area contributed by atoms with Gasteiger partial charge in [-0.3, -0.25) is 29.3 Å².